The van der Waals surface area contributed by atoms with Crippen LogP contribution in [0.3, 0.4) is 0 Å². The zero-order valence-corrected chi connectivity index (χ0v) is 15.3. The summed E-state index contributed by atoms with van der Waals surface area (Å²) in [7, 11) is 1.57. The standard InChI is InChI=1S/C20H24N2O4/c1-4-15-9-11-17(12-10-15)26-14-19(23)22-21-13-16-7-6-8-18(24-3)20(16)25-5-2/h6-13H,4-5,14H2,1-3H3,(H,22,23)/b21-13+. The van der Waals surface area contributed by atoms with Gasteiger partial charge in [-0.1, -0.05) is 25.1 Å². The van der Waals surface area contributed by atoms with Crippen molar-refractivity contribution in [2.75, 3.05) is 20.3 Å². The number of para-hydroxylation sites is 1. The summed E-state index contributed by atoms with van der Waals surface area (Å²) in [4.78, 5) is 11.9. The molecule has 6 heteroatoms. The van der Waals surface area contributed by atoms with Crippen LogP contribution >= 0.6 is 0 Å². The SMILES string of the molecule is CCOc1c(/C=N/NC(=O)COc2ccc(CC)cc2)cccc1OC. The van der Waals surface area contributed by atoms with Crippen molar-refractivity contribution in [3.05, 3.63) is 53.6 Å². The summed E-state index contributed by atoms with van der Waals surface area (Å²) in [6, 6.07) is 13.1. The van der Waals surface area contributed by atoms with Crippen molar-refractivity contribution in [1.29, 1.82) is 0 Å². The van der Waals surface area contributed by atoms with Gasteiger partial charge >= 0.3 is 0 Å². The van der Waals surface area contributed by atoms with Crippen LogP contribution in [0.1, 0.15) is 25.0 Å². The fourth-order valence-corrected chi connectivity index (χ4v) is 2.27. The molecule has 0 fully saturated rings. The molecule has 0 aliphatic heterocycles. The molecule has 0 saturated heterocycles. The summed E-state index contributed by atoms with van der Waals surface area (Å²) < 4.78 is 16.3. The molecule has 0 atom stereocenters. The van der Waals surface area contributed by atoms with Gasteiger partial charge in [-0.15, -0.1) is 0 Å². The zero-order valence-electron chi connectivity index (χ0n) is 15.3. The maximum absolute atomic E-state index is 11.9. The molecule has 1 N–H and O–H groups in total. The molecule has 2 aromatic rings. The van der Waals surface area contributed by atoms with Crippen LogP contribution < -0.4 is 19.6 Å². The Morgan fingerprint density at radius 3 is 2.54 bits per heavy atom. The highest BCUT2D eigenvalue weighted by molar-refractivity contribution is 5.86. The summed E-state index contributed by atoms with van der Waals surface area (Å²) in [5.41, 5.74) is 4.37. The molecule has 0 aliphatic carbocycles. The third-order valence-electron chi connectivity index (χ3n) is 3.61. The second kappa shape index (κ2) is 10.1. The Labute approximate surface area is 153 Å². The number of hydrogen-bond donors (Lipinski definition) is 1. The monoisotopic (exact) mass is 356 g/mol. The number of nitrogens with zero attached hydrogens (tertiary/aromatic N) is 1. The number of amides is 1. The predicted molar refractivity (Wildman–Crippen MR) is 101 cm³/mol. The van der Waals surface area contributed by atoms with E-state index in [0.29, 0.717) is 29.4 Å². The molecule has 0 unspecified atom stereocenters. The van der Waals surface area contributed by atoms with E-state index < -0.39 is 0 Å². The molecule has 2 aromatic carbocycles. The number of benzene rings is 2. The molecule has 0 spiro atoms. The van der Waals surface area contributed by atoms with Crippen molar-refractivity contribution < 1.29 is 19.0 Å². The molecule has 0 saturated carbocycles. The minimum atomic E-state index is -0.346. The van der Waals surface area contributed by atoms with E-state index in [1.807, 2.05) is 43.3 Å². The first-order valence-corrected chi connectivity index (χ1v) is 8.51. The van der Waals surface area contributed by atoms with Crippen molar-refractivity contribution in [2.45, 2.75) is 20.3 Å². The Bertz CT molecular complexity index is 742. The number of aryl methyl sites for hydroxylation is 1. The number of nitrogens with one attached hydrogen (secondary N) is 1. The summed E-state index contributed by atoms with van der Waals surface area (Å²) >= 11 is 0. The fourth-order valence-electron chi connectivity index (χ4n) is 2.27. The van der Waals surface area contributed by atoms with E-state index in [1.165, 1.54) is 11.8 Å². The van der Waals surface area contributed by atoms with Crippen molar-refractivity contribution in [3.63, 3.8) is 0 Å². The molecule has 138 valence electrons. The molecule has 0 bridgehead atoms. The predicted octanol–water partition coefficient (Wildman–Crippen LogP) is 3.19. The van der Waals surface area contributed by atoms with E-state index in [4.69, 9.17) is 14.2 Å². The van der Waals surface area contributed by atoms with Crippen LogP contribution in [0.15, 0.2) is 47.6 Å². The molecule has 0 aromatic heterocycles. The minimum absolute atomic E-state index is 0.112. The zero-order chi connectivity index (χ0) is 18.8. The van der Waals surface area contributed by atoms with Gasteiger partial charge in [0.2, 0.25) is 0 Å². The molecule has 0 radical (unpaired) electrons. The molecule has 1 amide bonds. The highest BCUT2D eigenvalue weighted by Gasteiger charge is 2.08. The van der Waals surface area contributed by atoms with E-state index in [-0.39, 0.29) is 12.5 Å². The Kier molecular flexibility index (Phi) is 7.49. The fraction of sp³-hybridized carbons (Fsp3) is 0.300. The van der Waals surface area contributed by atoms with Crippen LogP contribution in [-0.2, 0) is 11.2 Å². The van der Waals surface area contributed by atoms with Gasteiger partial charge in [-0.3, -0.25) is 4.79 Å². The van der Waals surface area contributed by atoms with Crippen LogP contribution in [0.25, 0.3) is 0 Å². The van der Waals surface area contributed by atoms with Gasteiger partial charge in [0.15, 0.2) is 18.1 Å². The van der Waals surface area contributed by atoms with Crippen molar-refractivity contribution in [1.82, 2.24) is 5.43 Å². The average molecular weight is 356 g/mol. The largest absolute Gasteiger partial charge is 0.493 e. The summed E-state index contributed by atoms with van der Waals surface area (Å²) in [6.07, 6.45) is 2.48. The number of ether oxygens (including phenoxy) is 3. The topological polar surface area (TPSA) is 69.2 Å². The number of hydrogen-bond acceptors (Lipinski definition) is 5. The van der Waals surface area contributed by atoms with E-state index in [9.17, 15) is 4.79 Å². The number of hydrazone groups is 1. The van der Waals surface area contributed by atoms with E-state index >= 15 is 0 Å². The Morgan fingerprint density at radius 2 is 1.88 bits per heavy atom. The van der Waals surface area contributed by atoms with Crippen LogP contribution in [0.4, 0.5) is 0 Å². The molecule has 6 nitrogen and oxygen atoms in total. The number of methoxy groups -OCH3 is 1. The second-order valence-corrected chi connectivity index (χ2v) is 5.39. The van der Waals surface area contributed by atoms with Crippen LogP contribution in [0.5, 0.6) is 17.2 Å². The Balaban J connectivity index is 1.90. The van der Waals surface area contributed by atoms with E-state index in [2.05, 4.69) is 17.5 Å². The lowest BCUT2D eigenvalue weighted by atomic mass is 10.2. The Hall–Kier alpha value is -3.02. The summed E-state index contributed by atoms with van der Waals surface area (Å²) in [5, 5.41) is 3.96. The maximum Gasteiger partial charge on any atom is 0.277 e. The van der Waals surface area contributed by atoms with Gasteiger partial charge in [-0.05, 0) is 43.2 Å². The lowest BCUT2D eigenvalue weighted by Gasteiger charge is -2.11. The normalized spacial score (nSPS) is 10.6. The average Bonchev–Trinajstić information content (AvgIpc) is 2.68. The third-order valence-corrected chi connectivity index (χ3v) is 3.61. The van der Waals surface area contributed by atoms with Gasteiger partial charge < -0.3 is 14.2 Å². The maximum atomic E-state index is 11.9. The van der Waals surface area contributed by atoms with Gasteiger partial charge in [0.1, 0.15) is 5.75 Å². The molecule has 26 heavy (non-hydrogen) atoms. The third kappa shape index (κ3) is 5.51. The number of carbonyl (C=O) groups excluding carboxylic acids is 1. The minimum Gasteiger partial charge on any atom is -0.493 e. The first-order valence-electron chi connectivity index (χ1n) is 8.51. The molecular weight excluding hydrogens is 332 g/mol. The summed E-state index contributed by atoms with van der Waals surface area (Å²) in [5.74, 6) is 1.50. The molecular formula is C20H24N2O4. The van der Waals surface area contributed by atoms with E-state index in [0.717, 1.165) is 6.42 Å². The molecule has 0 aliphatic rings. The number of rotatable bonds is 9. The van der Waals surface area contributed by atoms with Gasteiger partial charge in [0, 0.05) is 5.56 Å². The highest BCUT2D eigenvalue weighted by atomic mass is 16.5. The summed E-state index contributed by atoms with van der Waals surface area (Å²) in [6.45, 7) is 4.36. The van der Waals surface area contributed by atoms with Crippen LogP contribution in [0, 0.1) is 0 Å². The first kappa shape index (κ1) is 19.3. The highest BCUT2D eigenvalue weighted by Crippen LogP contribution is 2.29. The lowest BCUT2D eigenvalue weighted by Crippen LogP contribution is -2.24. The van der Waals surface area contributed by atoms with E-state index in [1.54, 1.807) is 13.2 Å². The van der Waals surface area contributed by atoms with Gasteiger partial charge in [0.25, 0.3) is 5.91 Å². The second-order valence-electron chi connectivity index (χ2n) is 5.39. The Morgan fingerprint density at radius 1 is 1.12 bits per heavy atom. The van der Waals surface area contributed by atoms with Crippen LogP contribution in [-0.4, -0.2) is 32.4 Å². The first-order chi connectivity index (χ1) is 12.7. The molecule has 0 heterocycles. The van der Waals surface area contributed by atoms with Crippen molar-refractivity contribution >= 4 is 12.1 Å². The smallest absolute Gasteiger partial charge is 0.277 e. The van der Waals surface area contributed by atoms with Crippen molar-refractivity contribution in [3.8, 4) is 17.2 Å². The van der Waals surface area contributed by atoms with Gasteiger partial charge in [-0.25, -0.2) is 5.43 Å². The van der Waals surface area contributed by atoms with Crippen molar-refractivity contribution in [2.24, 2.45) is 5.10 Å². The molecule has 2 rings (SSSR count). The number of carbonyl (C=O) groups is 1. The quantitative estimate of drug-likeness (QED) is 0.553. The lowest BCUT2D eigenvalue weighted by molar-refractivity contribution is -0.123. The van der Waals surface area contributed by atoms with Gasteiger partial charge in [0.05, 0.1) is 19.9 Å². The van der Waals surface area contributed by atoms with Gasteiger partial charge in [-0.2, -0.15) is 5.10 Å². The van der Waals surface area contributed by atoms with Crippen LogP contribution in [0.2, 0.25) is 0 Å².